The van der Waals surface area contributed by atoms with Gasteiger partial charge in [-0.25, -0.2) is 4.21 Å². The molecule has 0 aromatic carbocycles. The van der Waals surface area contributed by atoms with Crippen LogP contribution in [0.2, 0.25) is 0 Å². The minimum atomic E-state index is -1.71. The zero-order chi connectivity index (χ0) is 7.56. The van der Waals surface area contributed by atoms with Gasteiger partial charge in [-0.1, -0.05) is 12.8 Å². The van der Waals surface area contributed by atoms with Gasteiger partial charge in [0.1, 0.15) is 0 Å². The highest BCUT2D eigenvalue weighted by molar-refractivity contribution is 7.80. The normalized spacial score (nSPS) is 37.4. The Kier molecular flexibility index (Phi) is 2.82. The second kappa shape index (κ2) is 3.46. The van der Waals surface area contributed by atoms with Crippen molar-refractivity contribution in [2.75, 3.05) is 0 Å². The first-order valence-electron chi connectivity index (χ1n) is 3.57. The van der Waals surface area contributed by atoms with E-state index in [4.69, 9.17) is 10.3 Å². The number of hydrogen-bond donors (Lipinski definition) is 2. The number of nitrogens with two attached hydrogens (primary N) is 1. The van der Waals surface area contributed by atoms with Crippen LogP contribution in [0, 0.1) is 0 Å². The summed E-state index contributed by atoms with van der Waals surface area (Å²) in [5.41, 5.74) is 5.63. The largest absolute Gasteiger partial charge is 0.327 e. The lowest BCUT2D eigenvalue weighted by molar-refractivity contribution is 0.424. The summed E-state index contributed by atoms with van der Waals surface area (Å²) in [4.78, 5) is 0. The topological polar surface area (TPSA) is 63.3 Å². The summed E-state index contributed by atoms with van der Waals surface area (Å²) in [6, 6.07) is -0.0559. The van der Waals surface area contributed by atoms with Crippen LogP contribution in [-0.4, -0.2) is 20.1 Å². The van der Waals surface area contributed by atoms with Crippen molar-refractivity contribution in [2.45, 2.75) is 37.0 Å². The molecular weight excluding hydrogens is 150 g/mol. The molecule has 0 bridgehead atoms. The Hall–Kier alpha value is 0.0700. The maximum absolute atomic E-state index is 10.6. The lowest BCUT2D eigenvalue weighted by Gasteiger charge is -2.24. The summed E-state index contributed by atoms with van der Waals surface area (Å²) in [7, 11) is 0. The molecule has 1 rings (SSSR count). The van der Waals surface area contributed by atoms with Crippen LogP contribution in [0.4, 0.5) is 0 Å². The van der Waals surface area contributed by atoms with Gasteiger partial charge in [-0.15, -0.1) is 0 Å². The molecule has 1 unspecified atom stereocenters. The third-order valence-electron chi connectivity index (χ3n) is 2.01. The van der Waals surface area contributed by atoms with Crippen molar-refractivity contribution in [3.05, 3.63) is 0 Å². The monoisotopic (exact) mass is 163 g/mol. The van der Waals surface area contributed by atoms with Crippen molar-refractivity contribution in [1.82, 2.24) is 0 Å². The summed E-state index contributed by atoms with van der Waals surface area (Å²) in [5.74, 6) is 0. The van der Waals surface area contributed by atoms with Crippen molar-refractivity contribution in [3.8, 4) is 0 Å². The van der Waals surface area contributed by atoms with Crippen molar-refractivity contribution in [3.63, 3.8) is 0 Å². The molecule has 0 heterocycles. The summed E-state index contributed by atoms with van der Waals surface area (Å²) in [6.07, 6.45) is 3.86. The van der Waals surface area contributed by atoms with E-state index in [0.717, 1.165) is 25.7 Å². The Balaban J connectivity index is 2.47. The van der Waals surface area contributed by atoms with Gasteiger partial charge in [0.05, 0.1) is 5.25 Å². The Labute approximate surface area is 63.3 Å². The molecule has 1 saturated carbocycles. The number of rotatable bonds is 1. The average molecular weight is 163 g/mol. The Bertz CT molecular complexity index is 140. The Morgan fingerprint density at radius 3 is 2.40 bits per heavy atom. The molecule has 0 amide bonds. The van der Waals surface area contributed by atoms with E-state index in [9.17, 15) is 4.21 Å². The smallest absolute Gasteiger partial charge is 0.157 e. The first-order chi connectivity index (χ1) is 4.72. The van der Waals surface area contributed by atoms with Gasteiger partial charge in [-0.2, -0.15) is 0 Å². The molecule has 0 saturated heterocycles. The summed E-state index contributed by atoms with van der Waals surface area (Å²) in [5, 5.41) is -0.172. The minimum absolute atomic E-state index is 0.0559. The van der Waals surface area contributed by atoms with Crippen LogP contribution in [0.3, 0.4) is 0 Å². The molecule has 3 N–H and O–H groups in total. The van der Waals surface area contributed by atoms with Crippen LogP contribution in [0.25, 0.3) is 0 Å². The predicted molar refractivity (Wildman–Crippen MR) is 41.0 cm³/mol. The van der Waals surface area contributed by atoms with Crippen LogP contribution in [0.1, 0.15) is 25.7 Å². The van der Waals surface area contributed by atoms with Crippen LogP contribution in [0.5, 0.6) is 0 Å². The summed E-state index contributed by atoms with van der Waals surface area (Å²) in [6.45, 7) is 0. The SMILES string of the molecule is N[C@@H]1CCCC[C@@H]1S(=O)O. The third-order valence-corrected chi connectivity index (χ3v) is 3.12. The highest BCUT2D eigenvalue weighted by atomic mass is 32.2. The van der Waals surface area contributed by atoms with E-state index < -0.39 is 11.1 Å². The third kappa shape index (κ3) is 1.78. The van der Waals surface area contributed by atoms with Crippen molar-refractivity contribution in [1.29, 1.82) is 0 Å². The second-order valence-corrected chi connectivity index (χ2v) is 3.92. The minimum Gasteiger partial charge on any atom is -0.327 e. The van der Waals surface area contributed by atoms with Crippen LogP contribution < -0.4 is 5.73 Å². The lowest BCUT2D eigenvalue weighted by atomic mass is 9.96. The van der Waals surface area contributed by atoms with Crippen LogP contribution >= 0.6 is 0 Å². The molecule has 10 heavy (non-hydrogen) atoms. The van der Waals surface area contributed by atoms with Crippen molar-refractivity contribution < 1.29 is 8.76 Å². The zero-order valence-corrected chi connectivity index (χ0v) is 6.64. The van der Waals surface area contributed by atoms with E-state index in [1.54, 1.807) is 0 Å². The number of hydrogen-bond acceptors (Lipinski definition) is 2. The molecule has 1 fully saturated rings. The molecule has 0 aromatic rings. The lowest BCUT2D eigenvalue weighted by Crippen LogP contribution is -2.40. The Morgan fingerprint density at radius 1 is 1.40 bits per heavy atom. The molecule has 1 aliphatic carbocycles. The molecule has 0 aromatic heterocycles. The Morgan fingerprint density at radius 2 is 2.00 bits per heavy atom. The first-order valence-corrected chi connectivity index (χ1v) is 4.74. The van der Waals surface area contributed by atoms with E-state index in [2.05, 4.69) is 0 Å². The van der Waals surface area contributed by atoms with Gasteiger partial charge < -0.3 is 10.3 Å². The van der Waals surface area contributed by atoms with Gasteiger partial charge in [-0.05, 0) is 12.8 Å². The zero-order valence-electron chi connectivity index (χ0n) is 5.82. The maximum atomic E-state index is 10.6. The van der Waals surface area contributed by atoms with Crippen LogP contribution in [-0.2, 0) is 11.1 Å². The van der Waals surface area contributed by atoms with E-state index >= 15 is 0 Å². The van der Waals surface area contributed by atoms with Gasteiger partial charge in [0.25, 0.3) is 0 Å². The standard InChI is InChI=1S/C6H13NO2S/c7-5-3-1-2-4-6(5)10(8)9/h5-6H,1-4,7H2,(H,8,9)/t5-,6+/m1/s1. The molecule has 0 spiro atoms. The summed E-state index contributed by atoms with van der Waals surface area (Å²) < 4.78 is 19.3. The van der Waals surface area contributed by atoms with E-state index in [0.29, 0.717) is 0 Å². The first kappa shape index (κ1) is 8.17. The fraction of sp³-hybridized carbons (Fsp3) is 1.00. The molecule has 1 aliphatic rings. The van der Waals surface area contributed by atoms with Crippen molar-refractivity contribution in [2.24, 2.45) is 5.73 Å². The molecule has 3 atom stereocenters. The van der Waals surface area contributed by atoms with Gasteiger partial charge in [0.15, 0.2) is 11.1 Å². The quantitative estimate of drug-likeness (QED) is 0.552. The molecule has 4 heteroatoms. The van der Waals surface area contributed by atoms with E-state index in [-0.39, 0.29) is 11.3 Å². The fourth-order valence-electron chi connectivity index (χ4n) is 1.38. The molecule has 0 radical (unpaired) electrons. The molecule has 60 valence electrons. The predicted octanol–water partition coefficient (Wildman–Crippen LogP) is 0.478. The maximum Gasteiger partial charge on any atom is 0.157 e. The highest BCUT2D eigenvalue weighted by Gasteiger charge is 2.25. The van der Waals surface area contributed by atoms with Gasteiger partial charge in [0, 0.05) is 6.04 Å². The average Bonchev–Trinajstić information content (AvgIpc) is 1.88. The van der Waals surface area contributed by atoms with Crippen molar-refractivity contribution >= 4 is 11.1 Å². The molecular formula is C6H13NO2S. The highest BCUT2D eigenvalue weighted by Crippen LogP contribution is 2.20. The van der Waals surface area contributed by atoms with E-state index in [1.165, 1.54) is 0 Å². The second-order valence-electron chi connectivity index (χ2n) is 2.76. The van der Waals surface area contributed by atoms with Gasteiger partial charge in [0.2, 0.25) is 0 Å². The van der Waals surface area contributed by atoms with E-state index in [1.807, 2.05) is 0 Å². The fourth-order valence-corrected chi connectivity index (χ4v) is 2.18. The van der Waals surface area contributed by atoms with Gasteiger partial charge >= 0.3 is 0 Å². The molecule has 3 nitrogen and oxygen atoms in total. The van der Waals surface area contributed by atoms with Crippen LogP contribution in [0.15, 0.2) is 0 Å². The summed E-state index contributed by atoms with van der Waals surface area (Å²) >= 11 is -1.71. The molecule has 0 aliphatic heterocycles. The van der Waals surface area contributed by atoms with Gasteiger partial charge in [-0.3, -0.25) is 0 Å².